The molecule has 0 aliphatic carbocycles. The molecule has 0 aromatic carbocycles. The SMILES string of the molecule is CCNCc1cnc(-c2ncccc2Cl)[nH]1. The van der Waals surface area contributed by atoms with E-state index in [0.29, 0.717) is 16.5 Å². The molecule has 0 spiro atoms. The zero-order valence-corrected chi connectivity index (χ0v) is 9.75. The predicted molar refractivity (Wildman–Crippen MR) is 64.2 cm³/mol. The van der Waals surface area contributed by atoms with Crippen LogP contribution in [0.2, 0.25) is 5.02 Å². The Morgan fingerprint density at radius 2 is 2.31 bits per heavy atom. The molecule has 0 aliphatic rings. The first kappa shape index (κ1) is 11.1. The Bertz CT molecular complexity index is 467. The number of imidazole rings is 1. The number of H-pyrrole nitrogens is 1. The van der Waals surface area contributed by atoms with E-state index in [9.17, 15) is 0 Å². The van der Waals surface area contributed by atoms with Gasteiger partial charge in [-0.15, -0.1) is 0 Å². The summed E-state index contributed by atoms with van der Waals surface area (Å²) >= 11 is 6.03. The topological polar surface area (TPSA) is 53.6 Å². The van der Waals surface area contributed by atoms with Gasteiger partial charge >= 0.3 is 0 Å². The Balaban J connectivity index is 2.22. The quantitative estimate of drug-likeness (QED) is 0.856. The Kier molecular flexibility index (Phi) is 3.54. The maximum Gasteiger partial charge on any atom is 0.157 e. The van der Waals surface area contributed by atoms with Crippen molar-refractivity contribution in [2.75, 3.05) is 6.54 Å². The summed E-state index contributed by atoms with van der Waals surface area (Å²) in [6, 6.07) is 3.60. The van der Waals surface area contributed by atoms with E-state index in [0.717, 1.165) is 18.8 Å². The fourth-order valence-electron chi connectivity index (χ4n) is 1.39. The molecule has 0 saturated carbocycles. The summed E-state index contributed by atoms with van der Waals surface area (Å²) in [6.45, 7) is 3.76. The lowest BCUT2D eigenvalue weighted by atomic mass is 10.3. The van der Waals surface area contributed by atoms with Crippen LogP contribution in [0.5, 0.6) is 0 Å². The number of pyridine rings is 1. The molecule has 0 amide bonds. The minimum absolute atomic E-state index is 0.604. The largest absolute Gasteiger partial charge is 0.339 e. The summed E-state index contributed by atoms with van der Waals surface area (Å²) in [5.74, 6) is 0.707. The highest BCUT2D eigenvalue weighted by molar-refractivity contribution is 6.32. The molecule has 0 bridgehead atoms. The van der Waals surface area contributed by atoms with Crippen LogP contribution in [0, 0.1) is 0 Å². The fraction of sp³-hybridized carbons (Fsp3) is 0.273. The highest BCUT2D eigenvalue weighted by Gasteiger charge is 2.07. The van der Waals surface area contributed by atoms with Crippen molar-refractivity contribution < 1.29 is 0 Å². The number of nitrogens with one attached hydrogen (secondary N) is 2. The lowest BCUT2D eigenvalue weighted by Gasteiger charge is -1.99. The highest BCUT2D eigenvalue weighted by Crippen LogP contribution is 2.22. The van der Waals surface area contributed by atoms with E-state index >= 15 is 0 Å². The Morgan fingerprint density at radius 3 is 3.06 bits per heavy atom. The first-order valence-electron chi connectivity index (χ1n) is 5.16. The maximum atomic E-state index is 6.03. The number of nitrogens with zero attached hydrogens (tertiary/aromatic N) is 2. The van der Waals surface area contributed by atoms with Crippen molar-refractivity contribution in [1.29, 1.82) is 0 Å². The summed E-state index contributed by atoms with van der Waals surface area (Å²) < 4.78 is 0. The molecule has 2 heterocycles. The third-order valence-corrected chi connectivity index (χ3v) is 2.48. The van der Waals surface area contributed by atoms with Crippen LogP contribution in [0.1, 0.15) is 12.6 Å². The monoisotopic (exact) mass is 236 g/mol. The van der Waals surface area contributed by atoms with Gasteiger partial charge in [0.1, 0.15) is 5.69 Å². The smallest absolute Gasteiger partial charge is 0.157 e. The van der Waals surface area contributed by atoms with Gasteiger partial charge in [0.2, 0.25) is 0 Å². The van der Waals surface area contributed by atoms with E-state index in [1.165, 1.54) is 0 Å². The summed E-state index contributed by atoms with van der Waals surface area (Å²) in [5.41, 5.74) is 1.71. The van der Waals surface area contributed by atoms with Crippen molar-refractivity contribution in [3.63, 3.8) is 0 Å². The third-order valence-electron chi connectivity index (χ3n) is 2.18. The predicted octanol–water partition coefficient (Wildman–Crippen LogP) is 2.23. The molecule has 0 saturated heterocycles. The molecule has 0 unspecified atom stereocenters. The van der Waals surface area contributed by atoms with Gasteiger partial charge in [0.05, 0.1) is 11.2 Å². The zero-order chi connectivity index (χ0) is 11.4. The molecule has 2 N–H and O–H groups in total. The van der Waals surface area contributed by atoms with Crippen LogP contribution in [-0.2, 0) is 6.54 Å². The summed E-state index contributed by atoms with van der Waals surface area (Å²) in [5, 5.41) is 3.82. The van der Waals surface area contributed by atoms with Crippen LogP contribution in [0.4, 0.5) is 0 Å². The molecule has 84 valence electrons. The third kappa shape index (κ3) is 2.40. The average Bonchev–Trinajstić information content (AvgIpc) is 2.75. The molecular formula is C11H13ClN4. The maximum absolute atomic E-state index is 6.03. The molecule has 2 aromatic heterocycles. The molecule has 0 fully saturated rings. The van der Waals surface area contributed by atoms with Gasteiger partial charge in [0.25, 0.3) is 0 Å². The van der Waals surface area contributed by atoms with Crippen molar-refractivity contribution in [2.24, 2.45) is 0 Å². The Labute approximate surface area is 99.1 Å². The van der Waals surface area contributed by atoms with Crippen LogP contribution in [0.15, 0.2) is 24.5 Å². The molecular weight excluding hydrogens is 224 g/mol. The van der Waals surface area contributed by atoms with Crippen LogP contribution >= 0.6 is 11.6 Å². The minimum atomic E-state index is 0.604. The first-order valence-corrected chi connectivity index (χ1v) is 5.54. The van der Waals surface area contributed by atoms with Gasteiger partial charge in [-0.25, -0.2) is 4.98 Å². The van der Waals surface area contributed by atoms with Crippen LogP contribution < -0.4 is 5.32 Å². The second-order valence-electron chi connectivity index (χ2n) is 3.37. The number of rotatable bonds is 4. The van der Waals surface area contributed by atoms with Gasteiger partial charge in [-0.05, 0) is 18.7 Å². The van der Waals surface area contributed by atoms with E-state index in [4.69, 9.17) is 11.6 Å². The second kappa shape index (κ2) is 5.09. The van der Waals surface area contributed by atoms with Gasteiger partial charge < -0.3 is 10.3 Å². The molecule has 0 atom stereocenters. The Morgan fingerprint density at radius 1 is 1.44 bits per heavy atom. The number of hydrogen-bond donors (Lipinski definition) is 2. The fourth-order valence-corrected chi connectivity index (χ4v) is 1.60. The van der Waals surface area contributed by atoms with E-state index < -0.39 is 0 Å². The van der Waals surface area contributed by atoms with Gasteiger partial charge in [0, 0.05) is 18.4 Å². The van der Waals surface area contributed by atoms with E-state index in [1.807, 2.05) is 0 Å². The van der Waals surface area contributed by atoms with Gasteiger partial charge in [-0.2, -0.15) is 0 Å². The van der Waals surface area contributed by atoms with E-state index in [1.54, 1.807) is 24.5 Å². The summed E-state index contributed by atoms with van der Waals surface area (Å²) in [7, 11) is 0. The standard InChI is InChI=1S/C11H13ClN4/c1-2-13-6-8-7-15-11(16-8)10-9(12)4-3-5-14-10/h3-5,7,13H,2,6H2,1H3,(H,15,16). The molecule has 16 heavy (non-hydrogen) atoms. The van der Waals surface area contributed by atoms with Crippen LogP contribution in [0.25, 0.3) is 11.5 Å². The van der Waals surface area contributed by atoms with Gasteiger partial charge in [0.15, 0.2) is 5.82 Å². The Hall–Kier alpha value is -1.39. The van der Waals surface area contributed by atoms with E-state index in [-0.39, 0.29) is 0 Å². The van der Waals surface area contributed by atoms with Crippen molar-refractivity contribution in [2.45, 2.75) is 13.5 Å². The summed E-state index contributed by atoms with van der Waals surface area (Å²) in [4.78, 5) is 11.6. The van der Waals surface area contributed by atoms with Crippen molar-refractivity contribution in [3.8, 4) is 11.5 Å². The lowest BCUT2D eigenvalue weighted by molar-refractivity contribution is 0.714. The zero-order valence-electron chi connectivity index (χ0n) is 9.00. The van der Waals surface area contributed by atoms with Crippen molar-refractivity contribution >= 4 is 11.6 Å². The first-order chi connectivity index (χ1) is 7.81. The molecule has 0 radical (unpaired) electrons. The van der Waals surface area contributed by atoms with Crippen molar-refractivity contribution in [1.82, 2.24) is 20.3 Å². The molecule has 4 nitrogen and oxygen atoms in total. The van der Waals surface area contributed by atoms with E-state index in [2.05, 4.69) is 27.2 Å². The molecule has 0 aliphatic heterocycles. The lowest BCUT2D eigenvalue weighted by Crippen LogP contribution is -2.11. The second-order valence-corrected chi connectivity index (χ2v) is 3.78. The van der Waals surface area contributed by atoms with Crippen molar-refractivity contribution in [3.05, 3.63) is 35.2 Å². The number of aromatic amines is 1. The van der Waals surface area contributed by atoms with Gasteiger partial charge in [-0.1, -0.05) is 18.5 Å². The molecule has 2 rings (SSSR count). The number of halogens is 1. The van der Waals surface area contributed by atoms with Crippen LogP contribution in [0.3, 0.4) is 0 Å². The van der Waals surface area contributed by atoms with Crippen LogP contribution in [-0.4, -0.2) is 21.5 Å². The number of aromatic nitrogens is 3. The molecule has 2 aromatic rings. The van der Waals surface area contributed by atoms with Gasteiger partial charge in [-0.3, -0.25) is 4.98 Å². The number of hydrogen-bond acceptors (Lipinski definition) is 3. The normalized spacial score (nSPS) is 10.6. The summed E-state index contributed by atoms with van der Waals surface area (Å²) in [6.07, 6.45) is 3.50. The minimum Gasteiger partial charge on any atom is -0.339 e. The highest BCUT2D eigenvalue weighted by atomic mass is 35.5. The molecule has 5 heteroatoms. The average molecular weight is 237 g/mol.